The Bertz CT molecular complexity index is 1010. The minimum atomic E-state index is 0.783. The molecule has 4 aromatic rings. The molecule has 0 N–H and O–H groups in total. The Balaban J connectivity index is 1.99. The van der Waals surface area contributed by atoms with Crippen molar-refractivity contribution in [2.45, 2.75) is 13.8 Å². The zero-order valence-corrected chi connectivity index (χ0v) is 12.4. The third-order valence-corrected chi connectivity index (χ3v) is 4.08. The first-order chi connectivity index (χ1) is 10.7. The molecular weight excluding hydrogens is 272 g/mol. The number of hydrogen-bond donors (Lipinski definition) is 0. The summed E-state index contributed by atoms with van der Waals surface area (Å²) in [6.45, 7) is 4.18. The molecule has 3 aromatic heterocycles. The monoisotopic (exact) mass is 286 g/mol. The van der Waals surface area contributed by atoms with Crippen LogP contribution in [0.25, 0.3) is 33.1 Å². The van der Waals surface area contributed by atoms with E-state index in [-0.39, 0.29) is 0 Å². The van der Waals surface area contributed by atoms with Crippen molar-refractivity contribution in [1.82, 2.24) is 19.9 Å². The molecule has 0 aliphatic heterocycles. The van der Waals surface area contributed by atoms with Crippen molar-refractivity contribution in [3.8, 4) is 11.1 Å². The minimum Gasteiger partial charge on any atom is -0.244 e. The largest absolute Gasteiger partial charge is 0.244 e. The van der Waals surface area contributed by atoms with Gasteiger partial charge in [0.15, 0.2) is 5.65 Å². The van der Waals surface area contributed by atoms with E-state index >= 15 is 0 Å². The number of aromatic nitrogens is 4. The second-order valence-electron chi connectivity index (χ2n) is 5.42. The van der Waals surface area contributed by atoms with Crippen molar-refractivity contribution in [2.24, 2.45) is 0 Å². The Hall–Kier alpha value is -2.88. The standard InChI is InChI=1S/C18H14N4/c1-11-5-6-20-18-15(11)7-13(8-21-18)14-3-4-17-16(12(14)2)9-19-10-22-17/h3-10H,1-2H3. The lowest BCUT2D eigenvalue weighted by Crippen LogP contribution is -1.92. The number of benzene rings is 1. The highest BCUT2D eigenvalue weighted by Gasteiger charge is 2.09. The summed E-state index contributed by atoms with van der Waals surface area (Å²) in [5, 5.41) is 2.16. The summed E-state index contributed by atoms with van der Waals surface area (Å²) in [6, 6.07) is 8.29. The average Bonchev–Trinajstić information content (AvgIpc) is 2.56. The number of hydrogen-bond acceptors (Lipinski definition) is 4. The molecule has 0 saturated carbocycles. The zero-order chi connectivity index (χ0) is 15.1. The molecule has 4 heteroatoms. The van der Waals surface area contributed by atoms with Crippen molar-refractivity contribution in [2.75, 3.05) is 0 Å². The number of rotatable bonds is 1. The maximum atomic E-state index is 4.50. The summed E-state index contributed by atoms with van der Waals surface area (Å²) in [5.41, 5.74) is 6.34. The number of aryl methyl sites for hydroxylation is 2. The van der Waals surface area contributed by atoms with Gasteiger partial charge in [-0.3, -0.25) is 0 Å². The van der Waals surface area contributed by atoms with Crippen molar-refractivity contribution in [3.63, 3.8) is 0 Å². The van der Waals surface area contributed by atoms with Crippen LogP contribution in [0, 0.1) is 13.8 Å². The molecule has 4 rings (SSSR count). The molecule has 22 heavy (non-hydrogen) atoms. The van der Waals surface area contributed by atoms with Crippen LogP contribution in [-0.4, -0.2) is 19.9 Å². The lowest BCUT2D eigenvalue weighted by molar-refractivity contribution is 1.21. The van der Waals surface area contributed by atoms with Gasteiger partial charge in [-0.05, 0) is 48.7 Å². The Morgan fingerprint density at radius 2 is 1.77 bits per heavy atom. The second kappa shape index (κ2) is 4.84. The van der Waals surface area contributed by atoms with E-state index in [0.717, 1.165) is 33.1 Å². The topological polar surface area (TPSA) is 51.6 Å². The third kappa shape index (κ3) is 1.92. The predicted octanol–water partition coefficient (Wildman–Crippen LogP) is 3.86. The van der Waals surface area contributed by atoms with Crippen molar-refractivity contribution >= 4 is 21.9 Å². The molecular formula is C18H14N4. The fourth-order valence-electron chi connectivity index (χ4n) is 2.81. The van der Waals surface area contributed by atoms with Gasteiger partial charge in [-0.2, -0.15) is 0 Å². The van der Waals surface area contributed by atoms with Gasteiger partial charge >= 0.3 is 0 Å². The van der Waals surface area contributed by atoms with Gasteiger partial charge in [-0.1, -0.05) is 6.07 Å². The first kappa shape index (κ1) is 12.8. The highest BCUT2D eigenvalue weighted by molar-refractivity contribution is 5.90. The van der Waals surface area contributed by atoms with Gasteiger partial charge in [0, 0.05) is 34.9 Å². The summed E-state index contributed by atoms with van der Waals surface area (Å²) in [4.78, 5) is 17.3. The molecule has 0 amide bonds. The van der Waals surface area contributed by atoms with Crippen LogP contribution in [0.4, 0.5) is 0 Å². The van der Waals surface area contributed by atoms with Gasteiger partial charge in [0.05, 0.1) is 5.52 Å². The summed E-state index contributed by atoms with van der Waals surface area (Å²) in [6.07, 6.45) is 7.12. The van der Waals surface area contributed by atoms with Crippen LogP contribution in [0.3, 0.4) is 0 Å². The van der Waals surface area contributed by atoms with E-state index in [2.05, 4.69) is 45.9 Å². The van der Waals surface area contributed by atoms with Gasteiger partial charge in [-0.25, -0.2) is 19.9 Å². The Morgan fingerprint density at radius 1 is 0.864 bits per heavy atom. The minimum absolute atomic E-state index is 0.783. The van der Waals surface area contributed by atoms with Gasteiger partial charge < -0.3 is 0 Å². The van der Waals surface area contributed by atoms with E-state index in [1.54, 1.807) is 12.5 Å². The molecule has 4 nitrogen and oxygen atoms in total. The van der Waals surface area contributed by atoms with Crippen LogP contribution < -0.4 is 0 Å². The quantitative estimate of drug-likeness (QED) is 0.533. The van der Waals surface area contributed by atoms with Crippen molar-refractivity contribution in [3.05, 3.63) is 60.3 Å². The normalized spacial score (nSPS) is 11.2. The Kier molecular flexibility index (Phi) is 2.82. The fourth-order valence-corrected chi connectivity index (χ4v) is 2.81. The van der Waals surface area contributed by atoms with Crippen molar-refractivity contribution < 1.29 is 0 Å². The fraction of sp³-hybridized carbons (Fsp3) is 0.111. The SMILES string of the molecule is Cc1c(-c2cnc3nccc(C)c3c2)ccc2ncncc12. The molecule has 0 spiro atoms. The Labute approximate surface area is 127 Å². The Morgan fingerprint density at radius 3 is 2.68 bits per heavy atom. The summed E-state index contributed by atoms with van der Waals surface area (Å²) < 4.78 is 0. The van der Waals surface area contributed by atoms with Crippen LogP contribution in [-0.2, 0) is 0 Å². The van der Waals surface area contributed by atoms with E-state index in [9.17, 15) is 0 Å². The van der Waals surface area contributed by atoms with E-state index < -0.39 is 0 Å². The smallest absolute Gasteiger partial charge is 0.159 e. The number of fused-ring (bicyclic) bond motifs is 2. The average molecular weight is 286 g/mol. The predicted molar refractivity (Wildman–Crippen MR) is 87.5 cm³/mol. The molecule has 0 saturated heterocycles. The molecule has 3 heterocycles. The summed E-state index contributed by atoms with van der Waals surface area (Å²) in [5.74, 6) is 0. The molecule has 0 atom stereocenters. The molecule has 106 valence electrons. The van der Waals surface area contributed by atoms with E-state index in [4.69, 9.17) is 0 Å². The highest BCUT2D eigenvalue weighted by Crippen LogP contribution is 2.30. The molecule has 0 aliphatic carbocycles. The van der Waals surface area contributed by atoms with Gasteiger partial charge in [0.1, 0.15) is 6.33 Å². The number of nitrogens with zero attached hydrogens (tertiary/aromatic N) is 4. The number of pyridine rings is 2. The maximum absolute atomic E-state index is 4.50. The first-order valence-electron chi connectivity index (χ1n) is 7.15. The molecule has 1 aromatic carbocycles. The first-order valence-corrected chi connectivity index (χ1v) is 7.15. The second-order valence-corrected chi connectivity index (χ2v) is 5.42. The third-order valence-electron chi connectivity index (χ3n) is 4.08. The van der Waals surface area contributed by atoms with Gasteiger partial charge in [-0.15, -0.1) is 0 Å². The molecule has 0 fully saturated rings. The molecule has 0 unspecified atom stereocenters. The van der Waals surface area contributed by atoms with Crippen LogP contribution in [0.1, 0.15) is 11.1 Å². The lowest BCUT2D eigenvalue weighted by Gasteiger charge is -2.10. The van der Waals surface area contributed by atoms with Gasteiger partial charge in [0.25, 0.3) is 0 Å². The highest BCUT2D eigenvalue weighted by atomic mass is 14.8. The summed E-state index contributed by atoms with van der Waals surface area (Å²) in [7, 11) is 0. The molecule has 0 aliphatic rings. The van der Waals surface area contributed by atoms with Crippen molar-refractivity contribution in [1.29, 1.82) is 0 Å². The van der Waals surface area contributed by atoms with Crippen LogP contribution in [0.5, 0.6) is 0 Å². The van der Waals surface area contributed by atoms with E-state index in [1.807, 2.05) is 24.5 Å². The van der Waals surface area contributed by atoms with E-state index in [0.29, 0.717) is 0 Å². The lowest BCUT2D eigenvalue weighted by atomic mass is 9.97. The zero-order valence-electron chi connectivity index (χ0n) is 12.4. The molecule has 0 bridgehead atoms. The van der Waals surface area contributed by atoms with Crippen LogP contribution >= 0.6 is 0 Å². The van der Waals surface area contributed by atoms with Crippen LogP contribution in [0.15, 0.2) is 49.2 Å². The molecule has 0 radical (unpaired) electrons. The van der Waals surface area contributed by atoms with Crippen LogP contribution in [0.2, 0.25) is 0 Å². The summed E-state index contributed by atoms with van der Waals surface area (Å²) >= 11 is 0. The van der Waals surface area contributed by atoms with E-state index in [1.165, 1.54) is 11.1 Å². The maximum Gasteiger partial charge on any atom is 0.159 e. The van der Waals surface area contributed by atoms with Gasteiger partial charge in [0.2, 0.25) is 0 Å².